The number of nitrogens with zero attached hydrogens (tertiary/aromatic N) is 4. The molecule has 4 rings (SSSR count). The van der Waals surface area contributed by atoms with E-state index in [1.54, 1.807) is 23.4 Å². The normalized spacial score (nSPS) is 15.4. The highest BCUT2D eigenvalue weighted by Gasteiger charge is 2.20. The van der Waals surface area contributed by atoms with Gasteiger partial charge in [-0.3, -0.25) is 4.57 Å². The van der Waals surface area contributed by atoms with Gasteiger partial charge in [0.1, 0.15) is 23.4 Å². The van der Waals surface area contributed by atoms with Crippen molar-refractivity contribution in [3.05, 3.63) is 71.6 Å². The lowest BCUT2D eigenvalue weighted by Crippen LogP contribution is -2.40. The van der Waals surface area contributed by atoms with Crippen molar-refractivity contribution in [2.45, 2.75) is 32.0 Å². The molecule has 0 amide bonds. The van der Waals surface area contributed by atoms with Gasteiger partial charge in [-0.1, -0.05) is 30.3 Å². The van der Waals surface area contributed by atoms with Crippen LogP contribution in [0.2, 0.25) is 0 Å². The second kappa shape index (κ2) is 9.64. The Kier molecular flexibility index (Phi) is 6.50. The molecule has 1 aliphatic heterocycles. The van der Waals surface area contributed by atoms with Crippen LogP contribution in [0.3, 0.4) is 0 Å². The summed E-state index contributed by atoms with van der Waals surface area (Å²) in [6, 6.07) is 10.6. The van der Waals surface area contributed by atoms with E-state index >= 15 is 0 Å². The maximum atomic E-state index is 5.52. The first-order valence-corrected chi connectivity index (χ1v) is 10.3. The molecule has 3 aromatic rings. The molecule has 2 unspecified atom stereocenters. The lowest BCUT2D eigenvalue weighted by atomic mass is 10.1. The quantitative estimate of drug-likeness (QED) is 0.529. The zero-order valence-electron chi connectivity index (χ0n) is 16.2. The van der Waals surface area contributed by atoms with Gasteiger partial charge in [0.2, 0.25) is 12.7 Å². The maximum absolute atomic E-state index is 5.52. The Balaban J connectivity index is 1.37. The van der Waals surface area contributed by atoms with Crippen molar-refractivity contribution in [2.75, 3.05) is 13.3 Å². The molecule has 29 heavy (non-hydrogen) atoms. The first-order valence-electron chi connectivity index (χ1n) is 9.54. The second-order valence-electron chi connectivity index (χ2n) is 6.82. The molecule has 1 aliphatic rings. The van der Waals surface area contributed by atoms with Crippen LogP contribution in [-0.4, -0.2) is 38.3 Å². The van der Waals surface area contributed by atoms with E-state index in [1.807, 2.05) is 12.3 Å². The van der Waals surface area contributed by atoms with Gasteiger partial charge < -0.3 is 20.1 Å². The summed E-state index contributed by atoms with van der Waals surface area (Å²) in [7, 11) is 0. The molecular formula is C20H24N6O2S. The number of benzene rings is 1. The Morgan fingerprint density at radius 2 is 2.17 bits per heavy atom. The summed E-state index contributed by atoms with van der Waals surface area (Å²) < 4.78 is 17.0. The molecule has 3 heterocycles. The van der Waals surface area contributed by atoms with Crippen LogP contribution in [0.25, 0.3) is 5.95 Å². The highest BCUT2D eigenvalue weighted by atomic mass is 32.1. The summed E-state index contributed by atoms with van der Waals surface area (Å²) in [6.45, 7) is 3.99. The molecule has 1 aromatic carbocycles. The van der Waals surface area contributed by atoms with Crippen molar-refractivity contribution in [1.29, 1.82) is 0 Å². The lowest BCUT2D eigenvalue weighted by molar-refractivity contribution is 0.0762. The highest BCUT2D eigenvalue weighted by molar-refractivity contribution is 7.05. The zero-order chi connectivity index (χ0) is 19.9. The van der Waals surface area contributed by atoms with E-state index in [2.05, 4.69) is 56.2 Å². The summed E-state index contributed by atoms with van der Waals surface area (Å²) in [4.78, 5) is 8.69. The Bertz CT molecular complexity index is 912. The zero-order valence-corrected chi connectivity index (χ0v) is 17.0. The summed E-state index contributed by atoms with van der Waals surface area (Å²) >= 11 is 1.40. The van der Waals surface area contributed by atoms with Gasteiger partial charge in [-0.25, -0.2) is 9.97 Å². The molecule has 0 aliphatic carbocycles. The molecule has 2 atom stereocenters. The van der Waals surface area contributed by atoms with E-state index in [1.165, 1.54) is 17.1 Å². The average Bonchev–Trinajstić information content (AvgIpc) is 3.50. The monoisotopic (exact) mass is 412 g/mol. The Morgan fingerprint density at radius 1 is 1.28 bits per heavy atom. The minimum Gasteiger partial charge on any atom is -0.462 e. The minimum atomic E-state index is 0.0521. The number of aromatic nitrogens is 4. The Labute approximate surface area is 173 Å². The number of ether oxygens (including phenoxy) is 2. The molecule has 9 heteroatoms. The van der Waals surface area contributed by atoms with Crippen LogP contribution in [0.1, 0.15) is 30.0 Å². The summed E-state index contributed by atoms with van der Waals surface area (Å²) in [5.74, 6) is 1.50. The van der Waals surface area contributed by atoms with E-state index in [0.29, 0.717) is 12.7 Å². The van der Waals surface area contributed by atoms with E-state index in [0.717, 1.165) is 30.3 Å². The SMILES string of the molecule is CC(NC(CNCc1ccccc1)CC1=COCO1)c1nc(-n2ccnc2)ns1. The number of rotatable bonds is 10. The van der Waals surface area contributed by atoms with Gasteiger partial charge in [0, 0.05) is 37.9 Å². The van der Waals surface area contributed by atoms with Crippen molar-refractivity contribution < 1.29 is 9.47 Å². The fraction of sp³-hybridized carbons (Fsp3) is 0.350. The highest BCUT2D eigenvalue weighted by Crippen LogP contribution is 2.20. The predicted octanol–water partition coefficient (Wildman–Crippen LogP) is 2.77. The van der Waals surface area contributed by atoms with Crippen molar-refractivity contribution in [3.63, 3.8) is 0 Å². The summed E-state index contributed by atoms with van der Waals surface area (Å²) in [6.07, 6.45) is 7.68. The molecule has 0 spiro atoms. The summed E-state index contributed by atoms with van der Waals surface area (Å²) in [5.41, 5.74) is 1.26. The van der Waals surface area contributed by atoms with Crippen LogP contribution in [0.5, 0.6) is 0 Å². The van der Waals surface area contributed by atoms with E-state index < -0.39 is 0 Å². The molecule has 0 fully saturated rings. The lowest BCUT2D eigenvalue weighted by Gasteiger charge is -2.22. The van der Waals surface area contributed by atoms with Crippen molar-refractivity contribution >= 4 is 11.5 Å². The number of hydrogen-bond acceptors (Lipinski definition) is 8. The molecule has 0 saturated carbocycles. The molecule has 152 valence electrons. The van der Waals surface area contributed by atoms with Crippen LogP contribution in [0, 0.1) is 0 Å². The van der Waals surface area contributed by atoms with Crippen LogP contribution in [-0.2, 0) is 16.0 Å². The van der Waals surface area contributed by atoms with Gasteiger partial charge in [0.25, 0.3) is 0 Å². The average molecular weight is 413 g/mol. The smallest absolute Gasteiger partial charge is 0.246 e. The minimum absolute atomic E-state index is 0.0521. The van der Waals surface area contributed by atoms with Gasteiger partial charge in [0.05, 0.1) is 6.04 Å². The number of imidazole rings is 1. The maximum Gasteiger partial charge on any atom is 0.246 e. The first kappa shape index (κ1) is 19.6. The van der Waals surface area contributed by atoms with Crippen LogP contribution >= 0.6 is 11.5 Å². The molecule has 2 aromatic heterocycles. The summed E-state index contributed by atoms with van der Waals surface area (Å²) in [5, 5.41) is 8.11. The fourth-order valence-corrected chi connectivity index (χ4v) is 3.77. The van der Waals surface area contributed by atoms with E-state index in [-0.39, 0.29) is 12.1 Å². The molecular weight excluding hydrogens is 388 g/mol. The molecule has 0 bridgehead atoms. The molecule has 2 N–H and O–H groups in total. The Hall–Kier alpha value is -2.75. The first-order chi connectivity index (χ1) is 14.3. The molecule has 8 nitrogen and oxygen atoms in total. The van der Waals surface area contributed by atoms with Crippen LogP contribution in [0.4, 0.5) is 0 Å². The van der Waals surface area contributed by atoms with Gasteiger partial charge in [0.15, 0.2) is 0 Å². The van der Waals surface area contributed by atoms with Crippen LogP contribution < -0.4 is 10.6 Å². The second-order valence-corrected chi connectivity index (χ2v) is 7.60. The third-order valence-electron chi connectivity index (χ3n) is 4.56. The fourth-order valence-electron chi connectivity index (χ4n) is 3.11. The van der Waals surface area contributed by atoms with Gasteiger partial charge in [-0.05, 0) is 24.0 Å². The largest absolute Gasteiger partial charge is 0.462 e. The van der Waals surface area contributed by atoms with Crippen molar-refractivity contribution in [1.82, 2.24) is 29.5 Å². The number of hydrogen-bond donors (Lipinski definition) is 2. The van der Waals surface area contributed by atoms with Gasteiger partial charge in [-0.15, -0.1) is 0 Å². The standard InChI is InChI=1S/C20H24N6O2S/c1-15(19-24-20(25-29-19)26-8-7-21-13-26)23-17(9-18-12-27-14-28-18)11-22-10-16-5-3-2-4-6-16/h2-8,12-13,15,17,22-23H,9-11,14H2,1H3. The predicted molar refractivity (Wildman–Crippen MR) is 110 cm³/mol. The third kappa shape index (κ3) is 5.41. The van der Waals surface area contributed by atoms with Crippen molar-refractivity contribution in [2.24, 2.45) is 0 Å². The Morgan fingerprint density at radius 3 is 2.93 bits per heavy atom. The van der Waals surface area contributed by atoms with Gasteiger partial charge in [-0.2, -0.15) is 4.37 Å². The topological polar surface area (TPSA) is 86.1 Å². The third-order valence-corrected chi connectivity index (χ3v) is 5.45. The number of nitrogens with one attached hydrogen (secondary N) is 2. The van der Waals surface area contributed by atoms with Crippen LogP contribution in [0.15, 0.2) is 61.1 Å². The van der Waals surface area contributed by atoms with Crippen molar-refractivity contribution in [3.8, 4) is 5.95 Å². The molecule has 0 radical (unpaired) electrons. The van der Waals surface area contributed by atoms with E-state index in [4.69, 9.17) is 9.47 Å². The van der Waals surface area contributed by atoms with E-state index in [9.17, 15) is 0 Å². The molecule has 0 saturated heterocycles. The van der Waals surface area contributed by atoms with Gasteiger partial charge >= 0.3 is 0 Å².